The van der Waals surface area contributed by atoms with Crippen LogP contribution < -0.4 is 15.4 Å². The van der Waals surface area contributed by atoms with E-state index < -0.39 is 6.04 Å². The number of methoxy groups -OCH3 is 1. The summed E-state index contributed by atoms with van der Waals surface area (Å²) in [7, 11) is 1.58. The zero-order valence-corrected chi connectivity index (χ0v) is 23.0. The summed E-state index contributed by atoms with van der Waals surface area (Å²) in [6, 6.07) is 23.6. The molecule has 2 amide bonds. The van der Waals surface area contributed by atoms with Crippen molar-refractivity contribution in [3.8, 4) is 16.9 Å². The molecule has 2 aromatic heterocycles. The predicted molar refractivity (Wildman–Crippen MR) is 154 cm³/mol. The van der Waals surface area contributed by atoms with Gasteiger partial charge in [-0.3, -0.25) is 19.7 Å². The molecule has 2 heterocycles. The van der Waals surface area contributed by atoms with E-state index in [2.05, 4.69) is 41.7 Å². The highest BCUT2D eigenvalue weighted by Gasteiger charge is 2.19. The summed E-state index contributed by atoms with van der Waals surface area (Å²) in [6.45, 7) is 2.12. The van der Waals surface area contributed by atoms with Crippen LogP contribution in [-0.2, 0) is 0 Å². The maximum atomic E-state index is 13.4. The maximum absolute atomic E-state index is 13.4. The van der Waals surface area contributed by atoms with Gasteiger partial charge in [0.15, 0.2) is 0 Å². The first-order chi connectivity index (χ1) is 18.9. The van der Waals surface area contributed by atoms with Crippen molar-refractivity contribution in [1.29, 1.82) is 0 Å². The molecule has 1 atom stereocenters. The predicted octanol–water partition coefficient (Wildman–Crippen LogP) is 5.61. The first-order valence-corrected chi connectivity index (χ1v) is 13.1. The number of nitrogens with zero attached hydrogens (tertiary/aromatic N) is 2. The molecule has 0 saturated carbocycles. The minimum atomic E-state index is -0.526. The summed E-state index contributed by atoms with van der Waals surface area (Å²) in [5.41, 5.74) is 5.25. The highest BCUT2D eigenvalue weighted by molar-refractivity contribution is 9.10. The molecular weight excluding hydrogens is 558 g/mol. The van der Waals surface area contributed by atoms with Crippen LogP contribution in [0.15, 0.2) is 89.5 Å². The molecule has 1 unspecified atom stereocenters. The summed E-state index contributed by atoms with van der Waals surface area (Å²) in [5.74, 6) is 0.0499. The minimum Gasteiger partial charge on any atom is -0.497 e. The fraction of sp³-hybridized carbons (Fsp3) is 0.133. The lowest BCUT2D eigenvalue weighted by Gasteiger charge is -2.20. The number of aryl methyl sites for hydroxylation is 1. The van der Waals surface area contributed by atoms with E-state index in [0.29, 0.717) is 11.3 Å². The highest BCUT2D eigenvalue weighted by Crippen LogP contribution is 2.26. The number of H-pyrrole nitrogens is 1. The highest BCUT2D eigenvalue weighted by atomic mass is 79.9. The third kappa shape index (κ3) is 5.99. The van der Waals surface area contributed by atoms with Crippen LogP contribution in [0.1, 0.15) is 38.1 Å². The monoisotopic (exact) mass is 583 g/mol. The van der Waals surface area contributed by atoms with E-state index in [9.17, 15) is 9.59 Å². The molecule has 0 bridgehead atoms. The number of halogens is 1. The van der Waals surface area contributed by atoms with Crippen molar-refractivity contribution < 1.29 is 14.3 Å². The number of carbonyl (C=O) groups is 2. The van der Waals surface area contributed by atoms with Gasteiger partial charge in [0.05, 0.1) is 24.4 Å². The number of carbonyl (C=O) groups excluding carboxylic acids is 2. The van der Waals surface area contributed by atoms with Crippen LogP contribution in [0.4, 0.5) is 0 Å². The SMILES string of the molecule is COc1cccc(C(CNC(=O)c2ccc(Br)cc2)NC(=O)c2cc(-c3ccc4[nH]nc(C)c4c3)ccn2)c1. The Morgan fingerprint density at radius 1 is 0.974 bits per heavy atom. The first kappa shape index (κ1) is 26.1. The van der Waals surface area contributed by atoms with Gasteiger partial charge in [0.25, 0.3) is 11.8 Å². The quantitative estimate of drug-likeness (QED) is 0.220. The molecule has 0 aliphatic carbocycles. The summed E-state index contributed by atoms with van der Waals surface area (Å²) < 4.78 is 6.26. The van der Waals surface area contributed by atoms with Gasteiger partial charge in [-0.15, -0.1) is 0 Å². The number of benzene rings is 3. The van der Waals surface area contributed by atoms with E-state index in [1.165, 1.54) is 0 Å². The third-order valence-corrected chi connectivity index (χ3v) is 6.98. The number of ether oxygens (including phenoxy) is 1. The molecule has 196 valence electrons. The third-order valence-electron chi connectivity index (χ3n) is 6.45. The van der Waals surface area contributed by atoms with E-state index >= 15 is 0 Å². The van der Waals surface area contributed by atoms with Crippen molar-refractivity contribution in [3.63, 3.8) is 0 Å². The van der Waals surface area contributed by atoms with Crippen molar-refractivity contribution in [1.82, 2.24) is 25.8 Å². The summed E-state index contributed by atoms with van der Waals surface area (Å²) in [5, 5.41) is 14.3. The summed E-state index contributed by atoms with van der Waals surface area (Å²) in [4.78, 5) is 30.5. The van der Waals surface area contributed by atoms with E-state index in [1.807, 2.05) is 55.5 Å². The van der Waals surface area contributed by atoms with Gasteiger partial charge in [-0.05, 0) is 84.3 Å². The van der Waals surface area contributed by atoms with Crippen LogP contribution in [0, 0.1) is 6.92 Å². The fourth-order valence-corrected chi connectivity index (χ4v) is 4.56. The molecule has 0 fully saturated rings. The molecule has 3 aromatic carbocycles. The first-order valence-electron chi connectivity index (χ1n) is 12.3. The Bertz CT molecular complexity index is 1650. The number of hydrogen-bond acceptors (Lipinski definition) is 5. The van der Waals surface area contributed by atoms with Gasteiger partial charge >= 0.3 is 0 Å². The molecule has 0 saturated heterocycles. The smallest absolute Gasteiger partial charge is 0.270 e. The van der Waals surface area contributed by atoms with E-state index in [0.717, 1.165) is 37.8 Å². The van der Waals surface area contributed by atoms with Crippen LogP contribution >= 0.6 is 15.9 Å². The number of hydrogen-bond donors (Lipinski definition) is 3. The second kappa shape index (κ2) is 11.5. The normalized spacial score (nSPS) is 11.7. The maximum Gasteiger partial charge on any atom is 0.270 e. The van der Waals surface area contributed by atoms with Gasteiger partial charge in [0.2, 0.25) is 0 Å². The van der Waals surface area contributed by atoms with Crippen molar-refractivity contribution in [2.75, 3.05) is 13.7 Å². The van der Waals surface area contributed by atoms with Crippen molar-refractivity contribution in [2.45, 2.75) is 13.0 Å². The fourth-order valence-electron chi connectivity index (χ4n) is 4.30. The molecule has 3 N–H and O–H groups in total. The molecule has 5 rings (SSSR count). The van der Waals surface area contributed by atoms with Crippen LogP contribution in [-0.4, -0.2) is 40.7 Å². The number of amides is 2. The average Bonchev–Trinajstić information content (AvgIpc) is 3.35. The number of rotatable bonds is 8. The number of aromatic nitrogens is 3. The van der Waals surface area contributed by atoms with E-state index in [1.54, 1.807) is 43.6 Å². The molecular formula is C30H26BrN5O3. The lowest BCUT2D eigenvalue weighted by atomic mass is 10.0. The van der Waals surface area contributed by atoms with Crippen molar-refractivity contribution >= 4 is 38.6 Å². The van der Waals surface area contributed by atoms with Gasteiger partial charge in [-0.2, -0.15) is 5.10 Å². The number of nitrogens with one attached hydrogen (secondary N) is 3. The zero-order chi connectivity index (χ0) is 27.4. The largest absolute Gasteiger partial charge is 0.497 e. The number of fused-ring (bicyclic) bond motifs is 1. The van der Waals surface area contributed by atoms with Gasteiger partial charge in [-0.1, -0.05) is 34.1 Å². The van der Waals surface area contributed by atoms with Crippen LogP contribution in [0.2, 0.25) is 0 Å². The minimum absolute atomic E-state index is 0.171. The Balaban J connectivity index is 1.38. The number of aromatic amines is 1. The lowest BCUT2D eigenvalue weighted by molar-refractivity contribution is 0.0905. The molecule has 0 aliphatic heterocycles. The van der Waals surface area contributed by atoms with Crippen LogP contribution in [0.5, 0.6) is 5.75 Å². The van der Waals surface area contributed by atoms with Crippen LogP contribution in [0.25, 0.3) is 22.0 Å². The Hall–Kier alpha value is -4.50. The van der Waals surface area contributed by atoms with E-state index in [-0.39, 0.29) is 24.1 Å². The van der Waals surface area contributed by atoms with Crippen molar-refractivity contribution in [2.24, 2.45) is 0 Å². The summed E-state index contributed by atoms with van der Waals surface area (Å²) in [6.07, 6.45) is 1.62. The van der Waals surface area contributed by atoms with Gasteiger partial charge in [-0.25, -0.2) is 0 Å². The standard InChI is InChI=1S/C30H26BrN5O3/c1-18-25-15-20(8-11-26(25)36-35-18)21-12-13-32-27(16-21)30(38)34-28(22-4-3-5-24(14-22)39-2)17-33-29(37)19-6-9-23(31)10-7-19/h3-16,28H,17H2,1-2H3,(H,33,37)(H,34,38)(H,35,36). The van der Waals surface area contributed by atoms with E-state index in [4.69, 9.17) is 4.74 Å². The lowest BCUT2D eigenvalue weighted by Crippen LogP contribution is -2.38. The Kier molecular flexibility index (Phi) is 7.69. The van der Waals surface area contributed by atoms with Crippen molar-refractivity contribution in [3.05, 3.63) is 112 Å². The number of pyridine rings is 1. The topological polar surface area (TPSA) is 109 Å². The average molecular weight is 584 g/mol. The Morgan fingerprint density at radius 2 is 1.77 bits per heavy atom. The Morgan fingerprint density at radius 3 is 2.56 bits per heavy atom. The van der Waals surface area contributed by atoms with Gasteiger partial charge < -0.3 is 15.4 Å². The second-order valence-corrected chi connectivity index (χ2v) is 9.93. The van der Waals surface area contributed by atoms with Gasteiger partial charge in [0.1, 0.15) is 11.4 Å². The second-order valence-electron chi connectivity index (χ2n) is 9.02. The summed E-state index contributed by atoms with van der Waals surface area (Å²) >= 11 is 3.38. The van der Waals surface area contributed by atoms with Crippen LogP contribution in [0.3, 0.4) is 0 Å². The molecule has 0 aliphatic rings. The zero-order valence-electron chi connectivity index (χ0n) is 21.4. The molecule has 0 spiro atoms. The molecule has 39 heavy (non-hydrogen) atoms. The molecule has 9 heteroatoms. The van der Waals surface area contributed by atoms with Gasteiger partial charge in [0, 0.05) is 28.2 Å². The Labute approximate surface area is 233 Å². The molecule has 0 radical (unpaired) electrons. The molecule has 5 aromatic rings. The molecule has 8 nitrogen and oxygen atoms in total.